The average molecular weight is 308 g/mol. The van der Waals surface area contributed by atoms with Gasteiger partial charge < -0.3 is 14.9 Å². The minimum Gasteiger partial charge on any atom is -0.508 e. The van der Waals surface area contributed by atoms with Gasteiger partial charge in [-0.3, -0.25) is 9.80 Å². The molecule has 22 heavy (non-hydrogen) atoms. The maximum atomic E-state index is 10.1. The molecule has 1 heterocycles. The topological polar surface area (TPSA) is 56.2 Å². The monoisotopic (exact) mass is 308 g/mol. The van der Waals surface area contributed by atoms with E-state index >= 15 is 0 Å². The van der Waals surface area contributed by atoms with Crippen LogP contribution < -0.4 is 0 Å². The third-order valence-electron chi connectivity index (χ3n) is 4.34. The second-order valence-corrected chi connectivity index (χ2v) is 6.02. The summed E-state index contributed by atoms with van der Waals surface area (Å²) in [4.78, 5) is 4.58. The highest BCUT2D eigenvalue weighted by Gasteiger charge is 2.14. The van der Waals surface area contributed by atoms with E-state index in [0.29, 0.717) is 18.8 Å². The van der Waals surface area contributed by atoms with Crippen LogP contribution in [0.25, 0.3) is 0 Å². The second kappa shape index (κ2) is 8.48. The van der Waals surface area contributed by atoms with Gasteiger partial charge in [0.25, 0.3) is 0 Å². The van der Waals surface area contributed by atoms with E-state index in [2.05, 4.69) is 16.7 Å². The molecule has 2 N–H and O–H groups in total. The molecule has 1 fully saturated rings. The number of aryl methyl sites for hydroxylation is 2. The van der Waals surface area contributed by atoms with Crippen molar-refractivity contribution in [1.82, 2.24) is 9.80 Å². The van der Waals surface area contributed by atoms with Crippen LogP contribution in [-0.2, 0) is 11.3 Å². The van der Waals surface area contributed by atoms with Crippen LogP contribution in [0.5, 0.6) is 5.75 Å². The maximum absolute atomic E-state index is 10.1. The van der Waals surface area contributed by atoms with Gasteiger partial charge in [0.2, 0.25) is 0 Å². The lowest BCUT2D eigenvalue weighted by atomic mass is 10.0. The van der Waals surface area contributed by atoms with E-state index in [4.69, 9.17) is 4.74 Å². The van der Waals surface area contributed by atoms with Gasteiger partial charge in [-0.1, -0.05) is 6.07 Å². The summed E-state index contributed by atoms with van der Waals surface area (Å²) in [6, 6.07) is 3.87. The van der Waals surface area contributed by atoms with Gasteiger partial charge in [0.15, 0.2) is 0 Å². The first-order valence-electron chi connectivity index (χ1n) is 8.02. The molecule has 5 nitrogen and oxygen atoms in total. The van der Waals surface area contributed by atoms with E-state index in [1.807, 2.05) is 19.1 Å². The SMILES string of the molecule is Cc1cc(O)c(CN(CCO)CCN2CCOCC2)cc1C. The van der Waals surface area contributed by atoms with Crippen LogP contribution >= 0.6 is 0 Å². The van der Waals surface area contributed by atoms with Gasteiger partial charge in [-0.05, 0) is 31.0 Å². The van der Waals surface area contributed by atoms with Gasteiger partial charge in [0.1, 0.15) is 5.75 Å². The van der Waals surface area contributed by atoms with Crippen LogP contribution in [-0.4, -0.2) is 72.6 Å². The summed E-state index contributed by atoms with van der Waals surface area (Å²) in [6.07, 6.45) is 0. The maximum Gasteiger partial charge on any atom is 0.120 e. The van der Waals surface area contributed by atoms with Gasteiger partial charge in [-0.2, -0.15) is 0 Å². The van der Waals surface area contributed by atoms with Crippen LogP contribution in [0, 0.1) is 13.8 Å². The summed E-state index contributed by atoms with van der Waals surface area (Å²) >= 11 is 0. The second-order valence-electron chi connectivity index (χ2n) is 6.02. The van der Waals surface area contributed by atoms with Crippen molar-refractivity contribution in [2.24, 2.45) is 0 Å². The lowest BCUT2D eigenvalue weighted by Gasteiger charge is -2.30. The van der Waals surface area contributed by atoms with E-state index in [1.165, 1.54) is 5.56 Å². The molecule has 1 aromatic carbocycles. The molecule has 5 heteroatoms. The fourth-order valence-corrected chi connectivity index (χ4v) is 2.75. The largest absolute Gasteiger partial charge is 0.508 e. The summed E-state index contributed by atoms with van der Waals surface area (Å²) in [5, 5.41) is 19.4. The molecule has 0 unspecified atom stereocenters. The van der Waals surface area contributed by atoms with E-state index in [9.17, 15) is 10.2 Å². The molecule has 1 aromatic rings. The molecule has 1 aliphatic heterocycles. The average Bonchev–Trinajstić information content (AvgIpc) is 2.51. The quantitative estimate of drug-likeness (QED) is 0.791. The van der Waals surface area contributed by atoms with Crippen molar-refractivity contribution in [2.75, 3.05) is 52.5 Å². The first-order valence-corrected chi connectivity index (χ1v) is 8.02. The zero-order chi connectivity index (χ0) is 15.9. The predicted octanol–water partition coefficient (Wildman–Crippen LogP) is 1.14. The highest BCUT2D eigenvalue weighted by atomic mass is 16.5. The molecule has 0 aromatic heterocycles. The van der Waals surface area contributed by atoms with Crippen molar-refractivity contribution < 1.29 is 14.9 Å². The highest BCUT2D eigenvalue weighted by Crippen LogP contribution is 2.23. The van der Waals surface area contributed by atoms with Crippen molar-refractivity contribution in [1.29, 1.82) is 0 Å². The number of aromatic hydroxyl groups is 1. The molecular weight excluding hydrogens is 280 g/mol. The molecule has 0 amide bonds. The van der Waals surface area contributed by atoms with Crippen molar-refractivity contribution in [3.05, 3.63) is 28.8 Å². The lowest BCUT2D eigenvalue weighted by molar-refractivity contribution is 0.0320. The van der Waals surface area contributed by atoms with Crippen molar-refractivity contribution in [3.8, 4) is 5.75 Å². The number of phenols is 1. The van der Waals surface area contributed by atoms with Gasteiger partial charge in [-0.25, -0.2) is 0 Å². The molecular formula is C17H28N2O3. The Morgan fingerprint density at radius 2 is 1.82 bits per heavy atom. The van der Waals surface area contributed by atoms with Gasteiger partial charge in [0.05, 0.1) is 19.8 Å². The summed E-state index contributed by atoms with van der Waals surface area (Å²) in [5.74, 6) is 0.345. The Labute approximate surface area is 133 Å². The van der Waals surface area contributed by atoms with Crippen LogP contribution in [0.3, 0.4) is 0 Å². The molecule has 0 spiro atoms. The van der Waals surface area contributed by atoms with E-state index < -0.39 is 0 Å². The number of aliphatic hydroxyl groups excluding tert-OH is 1. The van der Waals surface area contributed by atoms with Crippen molar-refractivity contribution in [3.63, 3.8) is 0 Å². The van der Waals surface area contributed by atoms with Crippen LogP contribution in [0.2, 0.25) is 0 Å². The van der Waals surface area contributed by atoms with Crippen molar-refractivity contribution in [2.45, 2.75) is 20.4 Å². The number of hydrogen-bond acceptors (Lipinski definition) is 5. The number of morpholine rings is 1. The molecule has 0 aliphatic carbocycles. The van der Waals surface area contributed by atoms with Crippen LogP contribution in [0.4, 0.5) is 0 Å². The Morgan fingerprint density at radius 1 is 1.14 bits per heavy atom. The Hall–Kier alpha value is -1.14. The third kappa shape index (κ3) is 4.95. The number of rotatable bonds is 7. The fourth-order valence-electron chi connectivity index (χ4n) is 2.75. The molecule has 0 atom stereocenters. The molecule has 0 radical (unpaired) electrons. The molecule has 124 valence electrons. The summed E-state index contributed by atoms with van der Waals surface area (Å²) in [7, 11) is 0. The normalized spacial score (nSPS) is 16.4. The van der Waals surface area contributed by atoms with Gasteiger partial charge in [0, 0.05) is 44.8 Å². The Bertz CT molecular complexity index is 473. The molecule has 1 saturated heterocycles. The number of phenolic OH excluding ortho intramolecular Hbond substituents is 1. The Kier molecular flexibility index (Phi) is 6.64. The molecule has 0 bridgehead atoms. The zero-order valence-electron chi connectivity index (χ0n) is 13.7. The number of benzene rings is 1. The van der Waals surface area contributed by atoms with E-state index in [0.717, 1.165) is 50.5 Å². The van der Waals surface area contributed by atoms with E-state index in [-0.39, 0.29) is 6.61 Å². The predicted molar refractivity (Wildman–Crippen MR) is 87.2 cm³/mol. The van der Waals surface area contributed by atoms with Gasteiger partial charge in [-0.15, -0.1) is 0 Å². The van der Waals surface area contributed by atoms with Crippen molar-refractivity contribution >= 4 is 0 Å². The number of hydrogen-bond donors (Lipinski definition) is 2. The molecule has 1 aliphatic rings. The smallest absolute Gasteiger partial charge is 0.120 e. The standard InChI is InChI=1S/C17H28N2O3/c1-14-11-16(17(21)12-15(14)2)13-19(5-8-20)4-3-18-6-9-22-10-7-18/h11-12,20-21H,3-10,13H2,1-2H3. The minimum absolute atomic E-state index is 0.134. The number of aliphatic hydroxyl groups is 1. The number of nitrogens with zero attached hydrogens (tertiary/aromatic N) is 2. The number of ether oxygens (including phenoxy) is 1. The third-order valence-corrected chi connectivity index (χ3v) is 4.34. The summed E-state index contributed by atoms with van der Waals surface area (Å²) in [5.41, 5.74) is 3.21. The molecule has 2 rings (SSSR count). The minimum atomic E-state index is 0.134. The van der Waals surface area contributed by atoms with Gasteiger partial charge >= 0.3 is 0 Å². The Morgan fingerprint density at radius 3 is 2.50 bits per heavy atom. The van der Waals surface area contributed by atoms with Crippen LogP contribution in [0.15, 0.2) is 12.1 Å². The lowest BCUT2D eigenvalue weighted by Crippen LogP contribution is -2.41. The molecule has 0 saturated carbocycles. The summed E-state index contributed by atoms with van der Waals surface area (Å²) < 4.78 is 5.36. The van der Waals surface area contributed by atoms with Crippen LogP contribution in [0.1, 0.15) is 16.7 Å². The Balaban J connectivity index is 1.94. The fraction of sp³-hybridized carbons (Fsp3) is 0.647. The van der Waals surface area contributed by atoms with E-state index in [1.54, 1.807) is 0 Å². The highest BCUT2D eigenvalue weighted by molar-refractivity contribution is 5.40. The first-order chi connectivity index (χ1) is 10.6. The first kappa shape index (κ1) is 17.2. The summed E-state index contributed by atoms with van der Waals surface area (Å²) in [6.45, 7) is 10.9. The zero-order valence-corrected chi connectivity index (χ0v) is 13.7.